The van der Waals surface area contributed by atoms with Crippen LogP contribution < -0.4 is 10.2 Å². The van der Waals surface area contributed by atoms with Crippen LogP contribution in [0.5, 0.6) is 0 Å². The minimum absolute atomic E-state index is 0.252. The van der Waals surface area contributed by atoms with Gasteiger partial charge >= 0.3 is 0 Å². The Labute approximate surface area is 125 Å². The number of halogens is 1. The molecule has 0 saturated carbocycles. The van der Waals surface area contributed by atoms with Gasteiger partial charge < -0.3 is 25.2 Å². The number of hydrogen-bond donors (Lipinski definition) is 3. The number of benzene rings is 1. The third-order valence-electron chi connectivity index (χ3n) is 3.17. The van der Waals surface area contributed by atoms with Gasteiger partial charge in [-0.3, -0.25) is 4.79 Å². The standard InChI is InChI=1S/C13H17BrN2O4/c1-16(5-7(17)6-20-2)11-4-10-8(3-9(11)14)12(18)13(19)15-10/h3-4,7,12,17-18H,5-6H2,1-2H3,(H,15,19). The summed E-state index contributed by atoms with van der Waals surface area (Å²) < 4.78 is 5.64. The van der Waals surface area contributed by atoms with E-state index in [0.29, 0.717) is 17.8 Å². The Morgan fingerprint density at radius 1 is 1.55 bits per heavy atom. The molecule has 0 aliphatic carbocycles. The Balaban J connectivity index is 2.22. The number of aliphatic hydroxyl groups excluding tert-OH is 2. The second kappa shape index (κ2) is 6.09. The molecule has 0 bridgehead atoms. The molecule has 0 aromatic heterocycles. The number of rotatable bonds is 5. The van der Waals surface area contributed by atoms with Crippen molar-refractivity contribution in [3.63, 3.8) is 0 Å². The molecule has 1 amide bonds. The van der Waals surface area contributed by atoms with Crippen LogP contribution in [0.4, 0.5) is 11.4 Å². The lowest BCUT2D eigenvalue weighted by atomic mass is 10.1. The highest BCUT2D eigenvalue weighted by Gasteiger charge is 2.30. The van der Waals surface area contributed by atoms with E-state index in [2.05, 4.69) is 21.2 Å². The predicted octanol–water partition coefficient (Wildman–Crippen LogP) is 0.878. The molecule has 3 N–H and O–H groups in total. The fourth-order valence-corrected chi connectivity index (χ4v) is 2.87. The van der Waals surface area contributed by atoms with Crippen molar-refractivity contribution in [1.82, 2.24) is 0 Å². The fraction of sp³-hybridized carbons (Fsp3) is 0.462. The first-order chi connectivity index (χ1) is 9.43. The largest absolute Gasteiger partial charge is 0.389 e. The molecule has 2 unspecified atom stereocenters. The van der Waals surface area contributed by atoms with Crippen molar-refractivity contribution < 1.29 is 19.7 Å². The van der Waals surface area contributed by atoms with Gasteiger partial charge in [0.2, 0.25) is 0 Å². The number of ether oxygens (including phenoxy) is 1. The zero-order valence-electron chi connectivity index (χ0n) is 11.3. The zero-order valence-corrected chi connectivity index (χ0v) is 12.8. The Hall–Kier alpha value is -1.15. The zero-order chi connectivity index (χ0) is 14.9. The molecule has 0 fully saturated rings. The SMILES string of the molecule is COCC(O)CN(C)c1cc2c(cc1Br)C(O)C(=O)N2. The number of carbonyl (C=O) groups is 1. The van der Waals surface area contributed by atoms with E-state index in [9.17, 15) is 15.0 Å². The Bertz CT molecular complexity index is 523. The van der Waals surface area contributed by atoms with Gasteiger partial charge in [-0.25, -0.2) is 0 Å². The molecule has 6 nitrogen and oxygen atoms in total. The maximum atomic E-state index is 11.4. The van der Waals surface area contributed by atoms with Crippen LogP contribution in [0.15, 0.2) is 16.6 Å². The number of nitrogens with zero attached hydrogens (tertiary/aromatic N) is 1. The van der Waals surface area contributed by atoms with Gasteiger partial charge in [0.15, 0.2) is 6.10 Å². The van der Waals surface area contributed by atoms with Crippen molar-refractivity contribution in [2.24, 2.45) is 0 Å². The molecule has 0 spiro atoms. The highest BCUT2D eigenvalue weighted by atomic mass is 79.9. The van der Waals surface area contributed by atoms with Crippen LogP contribution in [0, 0.1) is 0 Å². The molecule has 0 saturated heterocycles. The van der Waals surface area contributed by atoms with Gasteiger partial charge in [-0.2, -0.15) is 0 Å². The van der Waals surface area contributed by atoms with Crippen molar-refractivity contribution in [2.45, 2.75) is 12.2 Å². The minimum atomic E-state index is -1.13. The van der Waals surface area contributed by atoms with E-state index in [0.717, 1.165) is 10.2 Å². The molecule has 1 aliphatic rings. The summed E-state index contributed by atoms with van der Waals surface area (Å²) >= 11 is 3.42. The number of amides is 1. The summed E-state index contributed by atoms with van der Waals surface area (Å²) in [4.78, 5) is 13.3. The summed E-state index contributed by atoms with van der Waals surface area (Å²) in [6.45, 7) is 0.643. The highest BCUT2D eigenvalue weighted by molar-refractivity contribution is 9.10. The average Bonchev–Trinajstić information content (AvgIpc) is 2.65. The van der Waals surface area contributed by atoms with Crippen molar-refractivity contribution in [3.05, 3.63) is 22.2 Å². The lowest BCUT2D eigenvalue weighted by molar-refractivity contribution is -0.123. The highest BCUT2D eigenvalue weighted by Crippen LogP contribution is 2.38. The topological polar surface area (TPSA) is 82.0 Å². The van der Waals surface area contributed by atoms with Gasteiger partial charge in [0.25, 0.3) is 5.91 Å². The first kappa shape index (κ1) is 15.2. The third-order valence-corrected chi connectivity index (χ3v) is 3.81. The van der Waals surface area contributed by atoms with Crippen LogP contribution in [0.25, 0.3) is 0 Å². The number of carbonyl (C=O) groups excluding carboxylic acids is 1. The lowest BCUT2D eigenvalue weighted by Gasteiger charge is -2.24. The summed E-state index contributed by atoms with van der Waals surface area (Å²) in [6.07, 6.45) is -1.73. The Kier molecular flexibility index (Phi) is 4.64. The molecule has 20 heavy (non-hydrogen) atoms. The predicted molar refractivity (Wildman–Crippen MR) is 78.9 cm³/mol. The van der Waals surface area contributed by atoms with Gasteiger partial charge in [-0.05, 0) is 28.1 Å². The van der Waals surface area contributed by atoms with Crippen molar-refractivity contribution in [2.75, 3.05) is 37.5 Å². The maximum absolute atomic E-state index is 11.4. The molecule has 1 aliphatic heterocycles. The molecule has 1 aromatic rings. The van der Waals surface area contributed by atoms with Crippen LogP contribution in [-0.4, -0.2) is 49.5 Å². The number of nitrogens with one attached hydrogen (secondary N) is 1. The molecule has 0 radical (unpaired) electrons. The first-order valence-electron chi connectivity index (χ1n) is 6.14. The van der Waals surface area contributed by atoms with E-state index in [4.69, 9.17) is 4.74 Å². The molecule has 7 heteroatoms. The summed E-state index contributed by atoms with van der Waals surface area (Å²) in [5.74, 6) is -0.425. The molecular formula is C13H17BrN2O4. The van der Waals surface area contributed by atoms with E-state index in [-0.39, 0.29) is 6.61 Å². The number of likely N-dealkylation sites (N-methyl/N-ethyl adjacent to an activating group) is 1. The average molecular weight is 345 g/mol. The van der Waals surface area contributed by atoms with E-state index in [1.165, 1.54) is 7.11 Å². The third kappa shape index (κ3) is 2.95. The van der Waals surface area contributed by atoms with Crippen LogP contribution in [0.2, 0.25) is 0 Å². The fourth-order valence-electron chi connectivity index (χ4n) is 2.21. The number of methoxy groups -OCH3 is 1. The van der Waals surface area contributed by atoms with Gasteiger partial charge in [-0.1, -0.05) is 0 Å². The molecule has 110 valence electrons. The maximum Gasteiger partial charge on any atom is 0.257 e. The van der Waals surface area contributed by atoms with E-state index in [1.807, 2.05) is 11.9 Å². The summed E-state index contributed by atoms with van der Waals surface area (Å²) in [7, 11) is 3.37. The van der Waals surface area contributed by atoms with E-state index >= 15 is 0 Å². The van der Waals surface area contributed by atoms with Crippen LogP contribution in [-0.2, 0) is 9.53 Å². The molecule has 2 atom stereocenters. The van der Waals surface area contributed by atoms with Gasteiger partial charge in [0, 0.05) is 36.4 Å². The normalized spacial score (nSPS) is 18.6. The summed E-state index contributed by atoms with van der Waals surface area (Å²) in [6, 6.07) is 3.49. The molecule has 1 heterocycles. The van der Waals surface area contributed by atoms with Crippen LogP contribution in [0.1, 0.15) is 11.7 Å². The number of hydrogen-bond acceptors (Lipinski definition) is 5. The quantitative estimate of drug-likeness (QED) is 0.738. The first-order valence-corrected chi connectivity index (χ1v) is 6.94. The number of aliphatic hydroxyl groups is 2. The van der Waals surface area contributed by atoms with Gasteiger partial charge in [0.05, 0.1) is 18.4 Å². The Morgan fingerprint density at radius 2 is 2.25 bits per heavy atom. The summed E-state index contributed by atoms with van der Waals surface area (Å²) in [5, 5.41) is 22.1. The van der Waals surface area contributed by atoms with Crippen molar-refractivity contribution >= 4 is 33.2 Å². The minimum Gasteiger partial charge on any atom is -0.389 e. The lowest BCUT2D eigenvalue weighted by Crippen LogP contribution is -2.32. The molecule has 2 rings (SSSR count). The van der Waals surface area contributed by atoms with Gasteiger partial charge in [0.1, 0.15) is 0 Å². The number of anilines is 2. The molecule has 1 aromatic carbocycles. The second-order valence-electron chi connectivity index (χ2n) is 4.77. The number of fused-ring (bicyclic) bond motifs is 1. The summed E-state index contributed by atoms with van der Waals surface area (Å²) in [5.41, 5.74) is 1.96. The second-order valence-corrected chi connectivity index (χ2v) is 5.63. The van der Waals surface area contributed by atoms with E-state index in [1.54, 1.807) is 12.1 Å². The van der Waals surface area contributed by atoms with Crippen LogP contribution in [0.3, 0.4) is 0 Å². The monoisotopic (exact) mass is 344 g/mol. The van der Waals surface area contributed by atoms with Gasteiger partial charge in [-0.15, -0.1) is 0 Å². The van der Waals surface area contributed by atoms with Crippen molar-refractivity contribution in [3.8, 4) is 0 Å². The Morgan fingerprint density at radius 3 is 2.90 bits per heavy atom. The van der Waals surface area contributed by atoms with Crippen LogP contribution >= 0.6 is 15.9 Å². The van der Waals surface area contributed by atoms with Crippen molar-refractivity contribution in [1.29, 1.82) is 0 Å². The van der Waals surface area contributed by atoms with E-state index < -0.39 is 18.1 Å². The molecular weight excluding hydrogens is 328 g/mol. The smallest absolute Gasteiger partial charge is 0.257 e.